The van der Waals surface area contributed by atoms with E-state index in [1.54, 1.807) is 14.0 Å². The molecular weight excluding hydrogens is 380 g/mol. The Morgan fingerprint density at radius 3 is 2.84 bits per heavy atom. The average molecular weight is 399 g/mol. The number of thiophene rings is 1. The van der Waals surface area contributed by atoms with E-state index in [1.807, 2.05) is 5.38 Å². The van der Waals surface area contributed by atoms with Crippen LogP contribution in [0.4, 0.5) is 10.1 Å². The number of aromatic nitrogens is 2. The van der Waals surface area contributed by atoms with Crippen molar-refractivity contribution in [3.63, 3.8) is 0 Å². The summed E-state index contributed by atoms with van der Waals surface area (Å²) in [4.78, 5) is 24.5. The first-order chi connectivity index (χ1) is 12.1. The van der Waals surface area contributed by atoms with Crippen molar-refractivity contribution in [2.75, 3.05) is 30.0 Å². The molecule has 0 aromatic carbocycles. The average Bonchev–Trinajstić information content (AvgIpc) is 3.19. The zero-order chi connectivity index (χ0) is 17.8. The van der Waals surface area contributed by atoms with Crippen molar-refractivity contribution < 1.29 is 14.3 Å². The number of carbonyl (C=O) groups is 2. The number of amides is 1. The Balaban J connectivity index is 1.65. The number of rotatable bonds is 8. The summed E-state index contributed by atoms with van der Waals surface area (Å²) in [6, 6.07) is 0. The van der Waals surface area contributed by atoms with Gasteiger partial charge in [0.1, 0.15) is 5.00 Å². The minimum Gasteiger partial charge on any atom is -0.462 e. The molecule has 0 bridgehead atoms. The van der Waals surface area contributed by atoms with Crippen LogP contribution >= 0.6 is 34.4 Å². The van der Waals surface area contributed by atoms with Crippen molar-refractivity contribution in [3.05, 3.63) is 16.5 Å². The third-order valence-electron chi connectivity index (χ3n) is 3.52. The van der Waals surface area contributed by atoms with Crippen molar-refractivity contribution in [2.45, 2.75) is 30.0 Å². The number of hydrogen-bond donors (Lipinski definition) is 2. The molecule has 1 aliphatic carbocycles. The number of anilines is 2. The molecule has 0 unspecified atom stereocenters. The van der Waals surface area contributed by atoms with Crippen LogP contribution in [0.15, 0.2) is 9.72 Å². The van der Waals surface area contributed by atoms with E-state index < -0.39 is 0 Å². The van der Waals surface area contributed by atoms with Gasteiger partial charge in [-0.15, -0.1) is 21.5 Å². The first-order valence-electron chi connectivity index (χ1n) is 7.84. The second-order valence-electron chi connectivity index (χ2n) is 5.35. The van der Waals surface area contributed by atoms with Crippen LogP contribution in [0.2, 0.25) is 0 Å². The topological polar surface area (TPSA) is 93.2 Å². The highest BCUT2D eigenvalue weighted by Gasteiger charge is 2.32. The molecule has 134 valence electrons. The summed E-state index contributed by atoms with van der Waals surface area (Å²) in [5.74, 6) is 0.0754. The number of thioether (sulfide) groups is 1. The number of nitrogens with one attached hydrogen (secondary N) is 2. The molecule has 2 heterocycles. The summed E-state index contributed by atoms with van der Waals surface area (Å²) in [6.45, 7) is 2.09. The Morgan fingerprint density at radius 1 is 1.40 bits per heavy atom. The number of ether oxygens (including phenoxy) is 1. The van der Waals surface area contributed by atoms with Gasteiger partial charge in [-0.1, -0.05) is 23.1 Å². The Labute approximate surface area is 157 Å². The highest BCUT2D eigenvalue weighted by Crippen LogP contribution is 2.46. The first kappa shape index (κ1) is 18.2. The lowest BCUT2D eigenvalue weighted by atomic mass is 10.1. The Bertz CT molecular complexity index is 770. The van der Waals surface area contributed by atoms with E-state index in [0.29, 0.717) is 28.2 Å². The second-order valence-corrected chi connectivity index (χ2v) is 8.43. The van der Waals surface area contributed by atoms with Gasteiger partial charge in [0.05, 0.1) is 17.9 Å². The largest absolute Gasteiger partial charge is 0.462 e. The highest BCUT2D eigenvalue weighted by molar-refractivity contribution is 8.01. The monoisotopic (exact) mass is 398 g/mol. The van der Waals surface area contributed by atoms with Crippen molar-refractivity contribution in [1.29, 1.82) is 0 Å². The summed E-state index contributed by atoms with van der Waals surface area (Å²) < 4.78 is 5.88. The second kappa shape index (κ2) is 8.15. The number of nitrogens with zero attached hydrogens (tertiary/aromatic N) is 2. The van der Waals surface area contributed by atoms with Gasteiger partial charge in [-0.25, -0.2) is 4.79 Å². The first-order valence-corrected chi connectivity index (χ1v) is 10.5. The molecule has 1 amide bonds. The molecule has 7 nitrogen and oxygen atoms in total. The molecule has 2 aromatic heterocycles. The van der Waals surface area contributed by atoms with Crippen LogP contribution < -0.4 is 10.6 Å². The Hall–Kier alpha value is -1.65. The van der Waals surface area contributed by atoms with E-state index in [1.165, 1.54) is 34.4 Å². The molecule has 0 aliphatic heterocycles. The van der Waals surface area contributed by atoms with Gasteiger partial charge >= 0.3 is 5.97 Å². The van der Waals surface area contributed by atoms with Crippen LogP contribution in [0.3, 0.4) is 0 Å². The van der Waals surface area contributed by atoms with Crippen LogP contribution in [-0.2, 0) is 9.53 Å². The van der Waals surface area contributed by atoms with Crippen molar-refractivity contribution in [1.82, 2.24) is 10.2 Å². The van der Waals surface area contributed by atoms with Gasteiger partial charge in [0.25, 0.3) is 0 Å². The van der Waals surface area contributed by atoms with Crippen molar-refractivity contribution in [3.8, 4) is 0 Å². The van der Waals surface area contributed by atoms with E-state index in [9.17, 15) is 9.59 Å². The van der Waals surface area contributed by atoms with Crippen molar-refractivity contribution in [2.24, 2.45) is 0 Å². The lowest BCUT2D eigenvalue weighted by Crippen LogP contribution is -2.16. The minimum atomic E-state index is -0.364. The predicted molar refractivity (Wildman–Crippen MR) is 101 cm³/mol. The quantitative estimate of drug-likeness (QED) is 0.520. The van der Waals surface area contributed by atoms with Crippen LogP contribution in [0.1, 0.15) is 41.6 Å². The third kappa shape index (κ3) is 4.50. The Kier molecular flexibility index (Phi) is 5.92. The molecule has 1 aliphatic rings. The fourth-order valence-corrected chi connectivity index (χ4v) is 4.78. The number of hydrogen-bond acceptors (Lipinski definition) is 9. The number of esters is 1. The maximum atomic E-state index is 12.3. The molecule has 25 heavy (non-hydrogen) atoms. The van der Waals surface area contributed by atoms with E-state index in [-0.39, 0.29) is 17.6 Å². The van der Waals surface area contributed by atoms with Gasteiger partial charge in [-0.05, 0) is 36.6 Å². The lowest BCUT2D eigenvalue weighted by Gasteiger charge is -2.07. The molecule has 0 radical (unpaired) electrons. The standard InChI is InChI=1S/C15H18N4O3S3/c1-3-22-13(21)11-9(8-4-5-8)6-23-12(11)17-10(20)7-24-15-19-18-14(16-2)25-15/h6,8H,3-5,7H2,1-2H3,(H,16,18)(H,17,20). The molecule has 2 N–H and O–H groups in total. The van der Waals surface area contributed by atoms with Crippen LogP contribution in [0.25, 0.3) is 0 Å². The summed E-state index contributed by atoms with van der Waals surface area (Å²) in [5, 5.41) is 16.9. The predicted octanol–water partition coefficient (Wildman–Crippen LogP) is 3.43. The zero-order valence-corrected chi connectivity index (χ0v) is 16.3. The minimum absolute atomic E-state index is 0.180. The summed E-state index contributed by atoms with van der Waals surface area (Å²) >= 11 is 4.08. The summed E-state index contributed by atoms with van der Waals surface area (Å²) in [7, 11) is 1.77. The van der Waals surface area contributed by atoms with Crippen molar-refractivity contribution >= 4 is 56.4 Å². The molecular formula is C15H18N4O3S3. The van der Waals surface area contributed by atoms with E-state index >= 15 is 0 Å². The smallest absolute Gasteiger partial charge is 0.341 e. The van der Waals surface area contributed by atoms with E-state index in [0.717, 1.165) is 22.7 Å². The molecule has 10 heteroatoms. The fraction of sp³-hybridized carbons (Fsp3) is 0.467. The molecule has 0 atom stereocenters. The van der Waals surface area contributed by atoms with E-state index in [2.05, 4.69) is 20.8 Å². The zero-order valence-electron chi connectivity index (χ0n) is 13.8. The SMILES string of the molecule is CCOC(=O)c1c(C2CC2)csc1NC(=O)CSc1nnc(NC)s1. The number of carbonyl (C=O) groups excluding carboxylic acids is 2. The molecule has 0 spiro atoms. The van der Waals surface area contributed by atoms with Crippen LogP contribution in [-0.4, -0.2) is 41.5 Å². The molecule has 0 saturated heterocycles. The van der Waals surface area contributed by atoms with Gasteiger partial charge in [-0.3, -0.25) is 4.79 Å². The molecule has 1 saturated carbocycles. The molecule has 1 fully saturated rings. The maximum Gasteiger partial charge on any atom is 0.341 e. The van der Waals surface area contributed by atoms with Gasteiger partial charge in [0.15, 0.2) is 4.34 Å². The fourth-order valence-electron chi connectivity index (χ4n) is 2.23. The lowest BCUT2D eigenvalue weighted by molar-refractivity contribution is -0.113. The van der Waals surface area contributed by atoms with Crippen LogP contribution in [0.5, 0.6) is 0 Å². The molecule has 3 rings (SSSR count). The third-order valence-corrected chi connectivity index (χ3v) is 6.50. The van der Waals surface area contributed by atoms with Gasteiger partial charge in [0, 0.05) is 7.05 Å². The maximum absolute atomic E-state index is 12.3. The summed E-state index contributed by atoms with van der Waals surface area (Å²) in [5.41, 5.74) is 1.51. The Morgan fingerprint density at radius 2 is 2.20 bits per heavy atom. The van der Waals surface area contributed by atoms with E-state index in [4.69, 9.17) is 4.74 Å². The summed E-state index contributed by atoms with van der Waals surface area (Å²) in [6.07, 6.45) is 2.16. The highest BCUT2D eigenvalue weighted by atomic mass is 32.2. The van der Waals surface area contributed by atoms with Gasteiger partial charge in [0.2, 0.25) is 11.0 Å². The molecule has 2 aromatic rings. The normalized spacial score (nSPS) is 13.5. The van der Waals surface area contributed by atoms with Gasteiger partial charge in [-0.2, -0.15) is 0 Å². The van der Waals surface area contributed by atoms with Crippen LogP contribution in [0, 0.1) is 0 Å². The van der Waals surface area contributed by atoms with Gasteiger partial charge < -0.3 is 15.4 Å².